The van der Waals surface area contributed by atoms with Gasteiger partial charge < -0.3 is 10.1 Å². The Labute approximate surface area is 108 Å². The maximum Gasteiger partial charge on any atom is 0.328 e. The van der Waals surface area contributed by atoms with Gasteiger partial charge in [-0.15, -0.1) is 0 Å². The van der Waals surface area contributed by atoms with Crippen molar-refractivity contribution >= 4 is 6.03 Å². The van der Waals surface area contributed by atoms with Crippen LogP contribution in [0.25, 0.3) is 0 Å². The molecule has 0 saturated carbocycles. The highest BCUT2D eigenvalue weighted by Crippen LogP contribution is 2.27. The van der Waals surface area contributed by atoms with E-state index in [-0.39, 0.29) is 11.4 Å². The molecule has 4 N–H and O–H groups in total. The number of hydrogen-bond donors (Lipinski definition) is 3. The van der Waals surface area contributed by atoms with Crippen LogP contribution < -0.4 is 21.3 Å². The van der Waals surface area contributed by atoms with E-state index in [2.05, 4.69) is 25.2 Å². The summed E-state index contributed by atoms with van der Waals surface area (Å²) in [5, 5.41) is 2.71. The molecule has 0 aliphatic rings. The number of amides is 2. The van der Waals surface area contributed by atoms with Crippen LogP contribution in [0, 0.1) is 6.92 Å². The molecule has 0 spiro atoms. The summed E-state index contributed by atoms with van der Waals surface area (Å²) in [5.41, 5.74) is 4.08. The Balaban J connectivity index is 2.84. The quantitative estimate of drug-likeness (QED) is 0.431. The molecule has 0 bridgehead atoms. The number of urea groups is 1. The second-order valence-corrected chi connectivity index (χ2v) is 4.90. The number of nitrogens with two attached hydrogens (primary N) is 1. The molecule has 0 saturated heterocycles. The number of methoxy groups -OCH3 is 1. The zero-order chi connectivity index (χ0) is 13.8. The molecule has 0 radical (unpaired) electrons. The van der Waals surface area contributed by atoms with Crippen LogP contribution in [-0.4, -0.2) is 19.7 Å². The summed E-state index contributed by atoms with van der Waals surface area (Å²) in [4.78, 5) is 11.1. The molecule has 5 nitrogen and oxygen atoms in total. The van der Waals surface area contributed by atoms with E-state index in [1.54, 1.807) is 7.11 Å². The lowest BCUT2D eigenvalue weighted by atomic mass is 9.84. The van der Waals surface area contributed by atoms with Gasteiger partial charge in [0, 0.05) is 12.0 Å². The number of benzene rings is 1. The molecular weight excluding hydrogens is 230 g/mol. The molecule has 100 valence electrons. The average molecular weight is 251 g/mol. The minimum absolute atomic E-state index is 0.177. The SMILES string of the molecule is COc1ccc(C(C)(C)CNC(=O)NN)cc1C. The van der Waals surface area contributed by atoms with Crippen molar-refractivity contribution in [2.45, 2.75) is 26.2 Å². The van der Waals surface area contributed by atoms with Gasteiger partial charge in [0.25, 0.3) is 0 Å². The number of aryl methyl sites for hydroxylation is 1. The van der Waals surface area contributed by atoms with Gasteiger partial charge in [0.15, 0.2) is 0 Å². The number of carbonyl (C=O) groups is 1. The molecule has 0 unspecified atom stereocenters. The second-order valence-electron chi connectivity index (χ2n) is 4.90. The van der Waals surface area contributed by atoms with Crippen molar-refractivity contribution in [2.24, 2.45) is 5.84 Å². The fourth-order valence-electron chi connectivity index (χ4n) is 1.75. The summed E-state index contributed by atoms with van der Waals surface area (Å²) >= 11 is 0. The van der Waals surface area contributed by atoms with Crippen molar-refractivity contribution in [1.29, 1.82) is 0 Å². The first-order valence-electron chi connectivity index (χ1n) is 5.80. The molecule has 5 heteroatoms. The summed E-state index contributed by atoms with van der Waals surface area (Å²) in [5.74, 6) is 5.89. The Hall–Kier alpha value is -1.75. The first-order chi connectivity index (χ1) is 8.40. The summed E-state index contributed by atoms with van der Waals surface area (Å²) in [6.45, 7) is 6.62. The van der Waals surface area contributed by atoms with E-state index in [1.807, 2.05) is 24.5 Å². The molecule has 0 aliphatic heterocycles. The molecule has 0 atom stereocenters. The molecule has 0 fully saturated rings. The maximum absolute atomic E-state index is 11.1. The van der Waals surface area contributed by atoms with Crippen LogP contribution in [0.4, 0.5) is 4.79 Å². The predicted molar refractivity (Wildman–Crippen MR) is 71.5 cm³/mol. The van der Waals surface area contributed by atoms with E-state index in [1.165, 1.54) is 0 Å². The Morgan fingerprint density at radius 2 is 2.11 bits per heavy atom. The maximum atomic E-state index is 11.1. The summed E-state index contributed by atoms with van der Waals surface area (Å²) in [6, 6.07) is 5.64. The summed E-state index contributed by atoms with van der Waals surface area (Å²) < 4.78 is 5.23. The lowest BCUT2D eigenvalue weighted by molar-refractivity contribution is 0.238. The van der Waals surface area contributed by atoms with E-state index in [0.29, 0.717) is 6.54 Å². The third-order valence-corrected chi connectivity index (χ3v) is 3.00. The third-order valence-electron chi connectivity index (χ3n) is 3.00. The normalized spacial score (nSPS) is 10.9. The van der Waals surface area contributed by atoms with E-state index in [9.17, 15) is 4.79 Å². The zero-order valence-corrected chi connectivity index (χ0v) is 11.3. The van der Waals surface area contributed by atoms with Gasteiger partial charge >= 0.3 is 6.03 Å². The molecule has 18 heavy (non-hydrogen) atoms. The minimum Gasteiger partial charge on any atom is -0.496 e. The van der Waals surface area contributed by atoms with E-state index in [4.69, 9.17) is 10.6 Å². The van der Waals surface area contributed by atoms with Crippen molar-refractivity contribution in [1.82, 2.24) is 10.7 Å². The lowest BCUT2D eigenvalue weighted by Gasteiger charge is -2.26. The Kier molecular flexibility index (Phi) is 4.55. The molecular formula is C13H21N3O2. The fraction of sp³-hybridized carbons (Fsp3) is 0.462. The van der Waals surface area contributed by atoms with E-state index in [0.717, 1.165) is 16.9 Å². The molecule has 0 heterocycles. The third kappa shape index (κ3) is 3.37. The van der Waals surface area contributed by atoms with Crippen molar-refractivity contribution in [2.75, 3.05) is 13.7 Å². The van der Waals surface area contributed by atoms with Crippen LogP contribution in [0.1, 0.15) is 25.0 Å². The first kappa shape index (κ1) is 14.3. The zero-order valence-electron chi connectivity index (χ0n) is 11.3. The number of hydrazine groups is 1. The molecule has 1 aromatic rings. The van der Waals surface area contributed by atoms with Gasteiger partial charge in [-0.3, -0.25) is 5.43 Å². The van der Waals surface area contributed by atoms with Gasteiger partial charge in [-0.25, -0.2) is 10.6 Å². The fourth-order valence-corrected chi connectivity index (χ4v) is 1.75. The Morgan fingerprint density at radius 3 is 2.61 bits per heavy atom. The van der Waals surface area contributed by atoms with E-state index >= 15 is 0 Å². The van der Waals surface area contributed by atoms with Crippen LogP contribution >= 0.6 is 0 Å². The van der Waals surface area contributed by atoms with Crippen LogP contribution in [0.5, 0.6) is 5.75 Å². The van der Waals surface area contributed by atoms with Crippen molar-refractivity contribution in [3.05, 3.63) is 29.3 Å². The van der Waals surface area contributed by atoms with Crippen molar-refractivity contribution in [3.63, 3.8) is 0 Å². The highest BCUT2D eigenvalue weighted by Gasteiger charge is 2.22. The molecule has 0 aromatic heterocycles. The summed E-state index contributed by atoms with van der Waals surface area (Å²) in [6.07, 6.45) is 0. The summed E-state index contributed by atoms with van der Waals surface area (Å²) in [7, 11) is 1.65. The molecule has 1 aromatic carbocycles. The van der Waals surface area contributed by atoms with Gasteiger partial charge in [0.2, 0.25) is 0 Å². The second kappa shape index (κ2) is 5.73. The van der Waals surface area contributed by atoms with Crippen LogP contribution in [0.15, 0.2) is 18.2 Å². The minimum atomic E-state index is -0.381. The highest BCUT2D eigenvalue weighted by molar-refractivity contribution is 5.73. The monoisotopic (exact) mass is 251 g/mol. The topological polar surface area (TPSA) is 76.4 Å². The number of carbonyl (C=O) groups excluding carboxylic acids is 1. The predicted octanol–water partition coefficient (Wildman–Crippen LogP) is 1.45. The standard InChI is InChI=1S/C13H21N3O2/c1-9-7-10(5-6-11(9)18-4)13(2,3)8-15-12(17)16-14/h5-7H,8,14H2,1-4H3,(H2,15,16,17). The highest BCUT2D eigenvalue weighted by atomic mass is 16.5. The van der Waals surface area contributed by atoms with Crippen molar-refractivity contribution < 1.29 is 9.53 Å². The van der Waals surface area contributed by atoms with Gasteiger partial charge in [0.05, 0.1) is 7.11 Å². The van der Waals surface area contributed by atoms with Gasteiger partial charge in [-0.2, -0.15) is 0 Å². The molecule has 0 aliphatic carbocycles. The van der Waals surface area contributed by atoms with Gasteiger partial charge in [-0.05, 0) is 24.1 Å². The van der Waals surface area contributed by atoms with Crippen LogP contribution in [0.2, 0.25) is 0 Å². The molecule has 2 amide bonds. The van der Waals surface area contributed by atoms with Gasteiger partial charge in [0.1, 0.15) is 5.75 Å². The smallest absolute Gasteiger partial charge is 0.328 e. The van der Waals surface area contributed by atoms with Crippen LogP contribution in [-0.2, 0) is 5.41 Å². The first-order valence-corrected chi connectivity index (χ1v) is 5.80. The van der Waals surface area contributed by atoms with Crippen LogP contribution in [0.3, 0.4) is 0 Å². The lowest BCUT2D eigenvalue weighted by Crippen LogP contribution is -2.44. The average Bonchev–Trinajstić information content (AvgIpc) is 2.35. The van der Waals surface area contributed by atoms with Crippen molar-refractivity contribution in [3.8, 4) is 5.75 Å². The molecule has 1 rings (SSSR count). The number of rotatable bonds is 4. The Morgan fingerprint density at radius 1 is 1.44 bits per heavy atom. The Bertz CT molecular complexity index is 430. The largest absolute Gasteiger partial charge is 0.496 e. The number of nitrogens with one attached hydrogen (secondary N) is 2. The number of ether oxygens (including phenoxy) is 1. The van der Waals surface area contributed by atoms with E-state index < -0.39 is 0 Å². The number of hydrogen-bond acceptors (Lipinski definition) is 3. The van der Waals surface area contributed by atoms with Gasteiger partial charge in [-0.1, -0.05) is 26.0 Å².